The number of hydrogen-bond acceptors (Lipinski definition) is 3. The highest BCUT2D eigenvalue weighted by atomic mass is 16.5. The van der Waals surface area contributed by atoms with Gasteiger partial charge in [0.1, 0.15) is 11.9 Å². The van der Waals surface area contributed by atoms with Crippen molar-refractivity contribution in [3.63, 3.8) is 0 Å². The molecule has 4 nitrogen and oxygen atoms in total. The summed E-state index contributed by atoms with van der Waals surface area (Å²) in [5, 5.41) is 0. The highest BCUT2D eigenvalue weighted by Crippen LogP contribution is 2.29. The van der Waals surface area contributed by atoms with Crippen LogP contribution in [0.5, 0.6) is 5.75 Å². The van der Waals surface area contributed by atoms with Crippen LogP contribution in [0, 0.1) is 0 Å². The van der Waals surface area contributed by atoms with Gasteiger partial charge in [0.05, 0.1) is 0 Å². The minimum atomic E-state index is 0.156. The number of nitrogens with zero attached hydrogens (tertiary/aromatic N) is 2. The maximum atomic E-state index is 11.5. The monoisotopic (exact) mass is 352 g/mol. The summed E-state index contributed by atoms with van der Waals surface area (Å²) in [6.07, 6.45) is 1.96. The average molecular weight is 352 g/mol. The van der Waals surface area contributed by atoms with Crippen molar-refractivity contribution in [1.82, 2.24) is 9.80 Å². The molecule has 138 valence electrons. The van der Waals surface area contributed by atoms with E-state index in [9.17, 15) is 4.79 Å². The van der Waals surface area contributed by atoms with Gasteiger partial charge in [-0.15, -0.1) is 0 Å². The van der Waals surface area contributed by atoms with Crippen molar-refractivity contribution in [3.8, 4) is 16.9 Å². The van der Waals surface area contributed by atoms with Gasteiger partial charge in [-0.2, -0.15) is 0 Å². The van der Waals surface area contributed by atoms with Crippen LogP contribution < -0.4 is 4.74 Å². The lowest BCUT2D eigenvalue weighted by Gasteiger charge is -2.31. The van der Waals surface area contributed by atoms with E-state index in [2.05, 4.69) is 61.5 Å². The van der Waals surface area contributed by atoms with Gasteiger partial charge in [-0.3, -0.25) is 4.79 Å². The number of amides is 1. The first-order chi connectivity index (χ1) is 12.5. The van der Waals surface area contributed by atoms with Crippen molar-refractivity contribution >= 4 is 5.91 Å². The van der Waals surface area contributed by atoms with Crippen molar-refractivity contribution in [2.45, 2.75) is 32.4 Å². The molecule has 1 saturated heterocycles. The van der Waals surface area contributed by atoms with Crippen LogP contribution in [0.1, 0.15) is 25.3 Å². The average Bonchev–Trinajstić information content (AvgIpc) is 2.62. The third kappa shape index (κ3) is 4.64. The van der Waals surface area contributed by atoms with E-state index in [0.717, 1.165) is 38.2 Å². The number of carbonyl (C=O) groups is 1. The first-order valence-corrected chi connectivity index (χ1v) is 9.28. The van der Waals surface area contributed by atoms with Gasteiger partial charge in [-0.25, -0.2) is 0 Å². The highest BCUT2D eigenvalue weighted by Gasteiger charge is 2.22. The van der Waals surface area contributed by atoms with Crippen LogP contribution in [-0.4, -0.2) is 49.0 Å². The molecule has 0 atom stereocenters. The molecule has 2 aromatic rings. The minimum Gasteiger partial charge on any atom is -0.490 e. The Morgan fingerprint density at radius 3 is 2.54 bits per heavy atom. The summed E-state index contributed by atoms with van der Waals surface area (Å²) in [6.45, 7) is 4.11. The Morgan fingerprint density at radius 2 is 1.85 bits per heavy atom. The van der Waals surface area contributed by atoms with E-state index in [1.807, 2.05) is 11.0 Å². The second-order valence-corrected chi connectivity index (χ2v) is 7.25. The molecule has 0 spiro atoms. The lowest BCUT2D eigenvalue weighted by atomic mass is 9.99. The van der Waals surface area contributed by atoms with Crippen LogP contribution in [0.2, 0.25) is 0 Å². The quantitative estimate of drug-likeness (QED) is 0.820. The summed E-state index contributed by atoms with van der Waals surface area (Å²) >= 11 is 0. The van der Waals surface area contributed by atoms with E-state index in [0.29, 0.717) is 0 Å². The fourth-order valence-electron chi connectivity index (χ4n) is 3.50. The summed E-state index contributed by atoms with van der Waals surface area (Å²) in [5.41, 5.74) is 3.74. The fourth-order valence-corrected chi connectivity index (χ4v) is 3.50. The van der Waals surface area contributed by atoms with Crippen molar-refractivity contribution < 1.29 is 9.53 Å². The molecular formula is C22H28N2O2. The van der Waals surface area contributed by atoms with E-state index in [1.165, 1.54) is 16.7 Å². The van der Waals surface area contributed by atoms with Crippen LogP contribution in [0.15, 0.2) is 48.5 Å². The molecule has 1 amide bonds. The van der Waals surface area contributed by atoms with Crippen LogP contribution in [0.25, 0.3) is 11.1 Å². The summed E-state index contributed by atoms with van der Waals surface area (Å²) in [5.74, 6) is 1.06. The molecule has 0 N–H and O–H groups in total. The van der Waals surface area contributed by atoms with Crippen molar-refractivity contribution in [3.05, 3.63) is 54.1 Å². The second kappa shape index (κ2) is 8.37. The summed E-state index contributed by atoms with van der Waals surface area (Å²) in [4.78, 5) is 15.5. The number of hydrogen-bond donors (Lipinski definition) is 0. The molecule has 1 heterocycles. The predicted octanol–water partition coefficient (Wildman–Crippen LogP) is 3.80. The maximum absolute atomic E-state index is 11.5. The topological polar surface area (TPSA) is 32.8 Å². The molecular weight excluding hydrogens is 324 g/mol. The molecule has 0 radical (unpaired) electrons. The number of carbonyl (C=O) groups excluding carboxylic acids is 1. The van der Waals surface area contributed by atoms with Gasteiger partial charge in [-0.1, -0.05) is 36.4 Å². The Hall–Kier alpha value is -2.33. The van der Waals surface area contributed by atoms with Gasteiger partial charge in [0.2, 0.25) is 5.91 Å². The number of rotatable bonds is 5. The molecule has 1 aliphatic heterocycles. The number of ether oxygens (including phenoxy) is 1. The van der Waals surface area contributed by atoms with Crippen LogP contribution >= 0.6 is 0 Å². The van der Waals surface area contributed by atoms with E-state index in [1.54, 1.807) is 6.92 Å². The number of piperidine rings is 1. The Bertz CT molecular complexity index is 749. The molecule has 2 aromatic carbocycles. The Labute approximate surface area is 156 Å². The molecule has 26 heavy (non-hydrogen) atoms. The van der Waals surface area contributed by atoms with Crippen LogP contribution in [0.3, 0.4) is 0 Å². The normalized spacial score (nSPS) is 15.3. The van der Waals surface area contributed by atoms with Crippen LogP contribution in [0.4, 0.5) is 0 Å². The molecule has 0 aliphatic carbocycles. The van der Waals surface area contributed by atoms with Crippen molar-refractivity contribution in [2.75, 3.05) is 27.2 Å². The fraction of sp³-hybridized carbons (Fsp3) is 0.409. The zero-order valence-corrected chi connectivity index (χ0v) is 15.9. The smallest absolute Gasteiger partial charge is 0.219 e. The predicted molar refractivity (Wildman–Crippen MR) is 105 cm³/mol. The Kier molecular flexibility index (Phi) is 5.94. The van der Waals surface area contributed by atoms with E-state index in [-0.39, 0.29) is 12.0 Å². The van der Waals surface area contributed by atoms with E-state index < -0.39 is 0 Å². The Balaban J connectivity index is 1.73. The molecule has 0 saturated carbocycles. The molecule has 0 aromatic heterocycles. The van der Waals surface area contributed by atoms with E-state index >= 15 is 0 Å². The van der Waals surface area contributed by atoms with E-state index in [4.69, 9.17) is 4.74 Å². The van der Waals surface area contributed by atoms with Gasteiger partial charge >= 0.3 is 0 Å². The summed E-state index contributed by atoms with van der Waals surface area (Å²) in [6, 6.07) is 16.9. The lowest BCUT2D eigenvalue weighted by molar-refractivity contribution is -0.130. The third-order valence-corrected chi connectivity index (χ3v) is 4.84. The molecule has 0 unspecified atom stereocenters. The summed E-state index contributed by atoms with van der Waals surface area (Å²) in [7, 11) is 4.17. The first-order valence-electron chi connectivity index (χ1n) is 9.28. The molecule has 1 aliphatic rings. The molecule has 1 fully saturated rings. The van der Waals surface area contributed by atoms with Gasteiger partial charge in [-0.05, 0) is 42.9 Å². The zero-order chi connectivity index (χ0) is 18.5. The van der Waals surface area contributed by atoms with Crippen molar-refractivity contribution in [1.29, 1.82) is 0 Å². The molecule has 3 rings (SSSR count). The van der Waals surface area contributed by atoms with Gasteiger partial charge < -0.3 is 14.5 Å². The van der Waals surface area contributed by atoms with Crippen LogP contribution in [-0.2, 0) is 11.3 Å². The van der Waals surface area contributed by atoms with Gasteiger partial charge in [0.15, 0.2) is 0 Å². The second-order valence-electron chi connectivity index (χ2n) is 7.25. The number of likely N-dealkylation sites (tertiary alicyclic amines) is 1. The SMILES string of the molecule is CC(=O)N1CCC(Oc2cccc(-c3ccccc3CN(C)C)c2)CC1. The largest absolute Gasteiger partial charge is 0.490 e. The molecule has 0 bridgehead atoms. The number of benzene rings is 2. The van der Waals surface area contributed by atoms with Gasteiger partial charge in [0, 0.05) is 39.4 Å². The van der Waals surface area contributed by atoms with Gasteiger partial charge in [0.25, 0.3) is 0 Å². The Morgan fingerprint density at radius 1 is 1.12 bits per heavy atom. The molecule has 4 heteroatoms. The van der Waals surface area contributed by atoms with Crippen molar-refractivity contribution in [2.24, 2.45) is 0 Å². The third-order valence-electron chi connectivity index (χ3n) is 4.84. The lowest BCUT2D eigenvalue weighted by Crippen LogP contribution is -2.40. The maximum Gasteiger partial charge on any atom is 0.219 e. The minimum absolute atomic E-state index is 0.156. The first kappa shape index (κ1) is 18.5. The summed E-state index contributed by atoms with van der Waals surface area (Å²) < 4.78 is 6.22. The standard InChI is InChI=1S/C22H28N2O2/c1-17(25)24-13-11-20(12-14-24)26-21-9-6-8-18(15-21)22-10-5-4-7-19(22)16-23(2)3/h4-10,15,20H,11-14,16H2,1-3H3. The zero-order valence-electron chi connectivity index (χ0n) is 15.9. The highest BCUT2D eigenvalue weighted by molar-refractivity contribution is 5.73.